The average molecular weight is 215 g/mol. The van der Waals surface area contributed by atoms with Crippen LogP contribution in [-0.4, -0.2) is 26.4 Å². The third kappa shape index (κ3) is 2.31. The van der Waals surface area contributed by atoms with Crippen LogP contribution in [0.15, 0.2) is 29.2 Å². The van der Waals surface area contributed by atoms with Crippen molar-refractivity contribution in [2.45, 2.75) is 10.9 Å². The predicted molar refractivity (Wildman–Crippen MR) is 53.6 cm³/mol. The molecule has 1 unspecified atom stereocenters. The zero-order valence-electron chi connectivity index (χ0n) is 7.84. The van der Waals surface area contributed by atoms with Crippen molar-refractivity contribution in [3.8, 4) is 0 Å². The molecule has 0 radical (unpaired) electrons. The zero-order chi connectivity index (χ0) is 10.8. The molecule has 14 heavy (non-hydrogen) atoms. The van der Waals surface area contributed by atoms with Gasteiger partial charge in [0.2, 0.25) is 0 Å². The Morgan fingerprint density at radius 1 is 1.43 bits per heavy atom. The fraction of sp³-hybridized carbons (Fsp3) is 0.333. The highest BCUT2D eigenvalue weighted by atomic mass is 32.2. The standard InChI is InChI=1S/C9H13NO3S/c1-14(12,13)9-5-3-2-4-7(9)8(10)6-11/h2-5,8,11H,6,10H2,1H3. The van der Waals surface area contributed by atoms with Crippen molar-refractivity contribution in [3.63, 3.8) is 0 Å². The van der Waals surface area contributed by atoms with Gasteiger partial charge in [-0.1, -0.05) is 18.2 Å². The molecule has 1 aromatic rings. The van der Waals surface area contributed by atoms with Gasteiger partial charge in [-0.15, -0.1) is 0 Å². The van der Waals surface area contributed by atoms with Gasteiger partial charge in [-0.2, -0.15) is 0 Å². The number of rotatable bonds is 3. The van der Waals surface area contributed by atoms with E-state index >= 15 is 0 Å². The van der Waals surface area contributed by atoms with E-state index in [4.69, 9.17) is 10.8 Å². The van der Waals surface area contributed by atoms with Gasteiger partial charge in [0.05, 0.1) is 17.5 Å². The summed E-state index contributed by atoms with van der Waals surface area (Å²) in [6.45, 7) is -0.271. The van der Waals surface area contributed by atoms with Crippen molar-refractivity contribution in [3.05, 3.63) is 29.8 Å². The van der Waals surface area contributed by atoms with Gasteiger partial charge < -0.3 is 10.8 Å². The van der Waals surface area contributed by atoms with Crippen LogP contribution in [0.1, 0.15) is 11.6 Å². The Bertz CT molecular complexity index is 414. The smallest absolute Gasteiger partial charge is 0.175 e. The van der Waals surface area contributed by atoms with Gasteiger partial charge in [0.1, 0.15) is 0 Å². The highest BCUT2D eigenvalue weighted by molar-refractivity contribution is 7.90. The fourth-order valence-electron chi connectivity index (χ4n) is 1.22. The van der Waals surface area contributed by atoms with Crippen LogP contribution in [0.4, 0.5) is 0 Å². The van der Waals surface area contributed by atoms with Crippen LogP contribution in [0.25, 0.3) is 0 Å². The SMILES string of the molecule is CS(=O)(=O)c1ccccc1C(N)CO. The van der Waals surface area contributed by atoms with Crippen molar-refractivity contribution in [2.24, 2.45) is 5.73 Å². The number of nitrogens with two attached hydrogens (primary N) is 1. The second kappa shape index (κ2) is 4.08. The van der Waals surface area contributed by atoms with E-state index in [1.165, 1.54) is 6.07 Å². The van der Waals surface area contributed by atoms with Gasteiger partial charge in [0, 0.05) is 6.26 Å². The minimum Gasteiger partial charge on any atom is -0.394 e. The van der Waals surface area contributed by atoms with E-state index in [2.05, 4.69) is 0 Å². The topological polar surface area (TPSA) is 80.4 Å². The Kier molecular flexibility index (Phi) is 3.25. The van der Waals surface area contributed by atoms with Crippen LogP contribution in [0.3, 0.4) is 0 Å². The molecule has 78 valence electrons. The molecule has 4 nitrogen and oxygen atoms in total. The van der Waals surface area contributed by atoms with E-state index < -0.39 is 15.9 Å². The molecule has 0 saturated carbocycles. The second-order valence-electron chi connectivity index (χ2n) is 3.10. The van der Waals surface area contributed by atoms with Gasteiger partial charge in [-0.25, -0.2) is 8.42 Å². The minimum atomic E-state index is -3.28. The lowest BCUT2D eigenvalue weighted by Gasteiger charge is -2.12. The summed E-state index contributed by atoms with van der Waals surface area (Å²) >= 11 is 0. The summed E-state index contributed by atoms with van der Waals surface area (Å²) < 4.78 is 22.7. The fourth-order valence-corrected chi connectivity index (χ4v) is 2.20. The number of benzene rings is 1. The number of aliphatic hydroxyl groups is 1. The van der Waals surface area contributed by atoms with Gasteiger partial charge in [-0.3, -0.25) is 0 Å². The van der Waals surface area contributed by atoms with Gasteiger partial charge >= 0.3 is 0 Å². The monoisotopic (exact) mass is 215 g/mol. The van der Waals surface area contributed by atoms with Crippen molar-refractivity contribution >= 4 is 9.84 Å². The number of aliphatic hydroxyl groups excluding tert-OH is 1. The van der Waals surface area contributed by atoms with E-state index in [9.17, 15) is 8.42 Å². The number of hydrogen-bond donors (Lipinski definition) is 2. The molecule has 0 aliphatic heterocycles. The molecular weight excluding hydrogens is 202 g/mol. The molecule has 1 atom stereocenters. The van der Waals surface area contributed by atoms with E-state index in [1.807, 2.05) is 0 Å². The molecule has 0 aromatic heterocycles. The molecule has 0 aliphatic rings. The summed E-state index contributed by atoms with van der Waals surface area (Å²) in [4.78, 5) is 0.182. The Balaban J connectivity index is 3.30. The summed E-state index contributed by atoms with van der Waals surface area (Å²) in [6.07, 6.45) is 1.12. The van der Waals surface area contributed by atoms with Crippen LogP contribution in [-0.2, 0) is 9.84 Å². The molecule has 0 aliphatic carbocycles. The van der Waals surface area contributed by atoms with Gasteiger partial charge in [0.15, 0.2) is 9.84 Å². The van der Waals surface area contributed by atoms with Crippen LogP contribution in [0.2, 0.25) is 0 Å². The van der Waals surface area contributed by atoms with Gasteiger partial charge in [0.25, 0.3) is 0 Å². The molecule has 0 spiro atoms. The van der Waals surface area contributed by atoms with Gasteiger partial charge in [-0.05, 0) is 11.6 Å². The minimum absolute atomic E-state index is 0.182. The number of hydrogen-bond acceptors (Lipinski definition) is 4. The van der Waals surface area contributed by atoms with E-state index in [1.54, 1.807) is 18.2 Å². The lowest BCUT2D eigenvalue weighted by molar-refractivity contribution is 0.266. The molecular formula is C9H13NO3S. The second-order valence-corrected chi connectivity index (χ2v) is 5.08. The van der Waals surface area contributed by atoms with Crippen LogP contribution < -0.4 is 5.73 Å². The Hall–Kier alpha value is -0.910. The normalized spacial score (nSPS) is 13.9. The maximum Gasteiger partial charge on any atom is 0.175 e. The maximum atomic E-state index is 11.3. The van der Waals surface area contributed by atoms with E-state index in [-0.39, 0.29) is 11.5 Å². The number of sulfone groups is 1. The first-order chi connectivity index (χ1) is 6.46. The summed E-state index contributed by atoms with van der Waals surface area (Å²) in [5.41, 5.74) is 6.03. The van der Waals surface area contributed by atoms with Crippen LogP contribution >= 0.6 is 0 Å². The van der Waals surface area contributed by atoms with Crippen molar-refractivity contribution < 1.29 is 13.5 Å². The van der Waals surface area contributed by atoms with Crippen LogP contribution in [0.5, 0.6) is 0 Å². The first-order valence-electron chi connectivity index (χ1n) is 4.12. The van der Waals surface area contributed by atoms with Crippen molar-refractivity contribution in [2.75, 3.05) is 12.9 Å². The molecule has 0 fully saturated rings. The third-order valence-corrected chi connectivity index (χ3v) is 3.09. The molecule has 1 aromatic carbocycles. The Morgan fingerprint density at radius 2 is 2.00 bits per heavy atom. The van der Waals surface area contributed by atoms with Crippen molar-refractivity contribution in [1.29, 1.82) is 0 Å². The van der Waals surface area contributed by atoms with E-state index in [0.29, 0.717) is 5.56 Å². The maximum absolute atomic E-state index is 11.3. The first kappa shape index (κ1) is 11.2. The predicted octanol–water partition coefficient (Wildman–Crippen LogP) is 0.0822. The van der Waals surface area contributed by atoms with Crippen molar-refractivity contribution in [1.82, 2.24) is 0 Å². The summed E-state index contributed by atoms with van der Waals surface area (Å²) in [6, 6.07) is 5.77. The molecule has 0 saturated heterocycles. The molecule has 3 N–H and O–H groups in total. The third-order valence-electron chi connectivity index (χ3n) is 1.91. The highest BCUT2D eigenvalue weighted by Crippen LogP contribution is 2.20. The Morgan fingerprint density at radius 3 is 2.50 bits per heavy atom. The van der Waals surface area contributed by atoms with E-state index in [0.717, 1.165) is 6.26 Å². The highest BCUT2D eigenvalue weighted by Gasteiger charge is 2.16. The summed E-state index contributed by atoms with van der Waals surface area (Å²) in [5, 5.41) is 8.86. The zero-order valence-corrected chi connectivity index (χ0v) is 8.66. The lowest BCUT2D eigenvalue weighted by atomic mass is 10.1. The average Bonchev–Trinajstić information content (AvgIpc) is 2.15. The summed E-state index contributed by atoms with van der Waals surface area (Å²) in [7, 11) is -3.28. The molecule has 0 amide bonds. The Labute approximate surface area is 83.3 Å². The largest absolute Gasteiger partial charge is 0.394 e. The lowest BCUT2D eigenvalue weighted by Crippen LogP contribution is -2.17. The molecule has 0 heterocycles. The quantitative estimate of drug-likeness (QED) is 0.748. The molecule has 1 rings (SSSR count). The first-order valence-corrected chi connectivity index (χ1v) is 6.01. The summed E-state index contributed by atoms with van der Waals surface area (Å²) in [5.74, 6) is 0. The molecule has 5 heteroatoms. The molecule has 0 bridgehead atoms. The van der Waals surface area contributed by atoms with Crippen LogP contribution in [0, 0.1) is 0 Å².